The summed E-state index contributed by atoms with van der Waals surface area (Å²) in [5, 5.41) is 3.26. The highest BCUT2D eigenvalue weighted by atomic mass is 32.1. The fourth-order valence-corrected chi connectivity index (χ4v) is 1.98. The van der Waals surface area contributed by atoms with Gasteiger partial charge in [-0.3, -0.25) is 4.90 Å². The molecule has 0 spiro atoms. The molecule has 0 bridgehead atoms. The molecule has 0 atom stereocenters. The first kappa shape index (κ1) is 11.6. The van der Waals surface area contributed by atoms with Crippen molar-refractivity contribution in [2.75, 3.05) is 13.1 Å². The lowest BCUT2D eigenvalue weighted by molar-refractivity contribution is 0.217. The average Bonchev–Trinajstić information content (AvgIpc) is 2.50. The minimum absolute atomic E-state index is 0.528. The maximum Gasteiger partial charge on any atom is 0.0897 e. The molecule has 1 aromatic heterocycles. The molecule has 80 valence electrons. The summed E-state index contributed by atoms with van der Waals surface area (Å²) in [6, 6.07) is 0.528. The lowest BCUT2D eigenvalue weighted by Gasteiger charge is -2.24. The van der Waals surface area contributed by atoms with E-state index in [2.05, 4.69) is 29.1 Å². The van der Waals surface area contributed by atoms with Gasteiger partial charge in [0.05, 0.1) is 10.7 Å². The van der Waals surface area contributed by atoms with Gasteiger partial charge >= 0.3 is 0 Å². The summed E-state index contributed by atoms with van der Waals surface area (Å²) in [5.74, 6) is 0. The molecule has 0 radical (unpaired) electrons. The predicted octanol–water partition coefficient (Wildman–Crippen LogP) is 1.62. The smallest absolute Gasteiger partial charge is 0.0897 e. The van der Waals surface area contributed by atoms with Crippen molar-refractivity contribution in [3.8, 4) is 0 Å². The average molecular weight is 213 g/mol. The molecule has 0 fully saturated rings. The van der Waals surface area contributed by atoms with Gasteiger partial charge in [-0.05, 0) is 20.8 Å². The molecule has 3 nitrogen and oxygen atoms in total. The van der Waals surface area contributed by atoms with Crippen molar-refractivity contribution in [3.05, 3.63) is 16.1 Å². The summed E-state index contributed by atoms with van der Waals surface area (Å²) in [6.07, 6.45) is 0. The molecular formula is C10H19N3S. The Labute approximate surface area is 89.9 Å². The third kappa shape index (κ3) is 3.36. The molecular weight excluding hydrogens is 194 g/mol. The second-order valence-electron chi connectivity index (χ2n) is 3.71. The number of aromatic nitrogens is 1. The normalized spacial score (nSPS) is 11.6. The predicted molar refractivity (Wildman–Crippen MR) is 61.5 cm³/mol. The van der Waals surface area contributed by atoms with Crippen molar-refractivity contribution in [3.63, 3.8) is 0 Å². The molecule has 0 unspecified atom stereocenters. The number of hydrogen-bond donors (Lipinski definition) is 1. The van der Waals surface area contributed by atoms with Crippen LogP contribution in [0.25, 0.3) is 0 Å². The molecule has 0 saturated heterocycles. The van der Waals surface area contributed by atoms with Crippen molar-refractivity contribution in [2.45, 2.75) is 33.4 Å². The van der Waals surface area contributed by atoms with Gasteiger partial charge in [0, 0.05) is 31.1 Å². The van der Waals surface area contributed by atoms with Crippen molar-refractivity contribution in [2.24, 2.45) is 5.73 Å². The van der Waals surface area contributed by atoms with Crippen molar-refractivity contribution in [1.29, 1.82) is 0 Å². The van der Waals surface area contributed by atoms with E-state index in [1.54, 1.807) is 11.3 Å². The maximum atomic E-state index is 5.57. The molecule has 0 aliphatic rings. The molecule has 0 saturated carbocycles. The maximum absolute atomic E-state index is 5.57. The minimum Gasteiger partial charge on any atom is -0.329 e. The molecule has 1 aromatic rings. The van der Waals surface area contributed by atoms with E-state index in [0.29, 0.717) is 12.6 Å². The van der Waals surface area contributed by atoms with Gasteiger partial charge in [-0.2, -0.15) is 0 Å². The van der Waals surface area contributed by atoms with Crippen LogP contribution in [0.3, 0.4) is 0 Å². The zero-order chi connectivity index (χ0) is 10.6. The van der Waals surface area contributed by atoms with Crippen molar-refractivity contribution in [1.82, 2.24) is 9.88 Å². The summed E-state index contributed by atoms with van der Waals surface area (Å²) in [4.78, 5) is 6.79. The molecule has 14 heavy (non-hydrogen) atoms. The molecule has 0 aliphatic heterocycles. The van der Waals surface area contributed by atoms with Gasteiger partial charge in [-0.1, -0.05) is 0 Å². The summed E-state index contributed by atoms with van der Waals surface area (Å²) in [6.45, 7) is 8.98. The van der Waals surface area contributed by atoms with Crippen LogP contribution in [0.1, 0.15) is 24.5 Å². The van der Waals surface area contributed by atoms with E-state index in [0.717, 1.165) is 23.8 Å². The summed E-state index contributed by atoms with van der Waals surface area (Å²) >= 11 is 1.71. The fourth-order valence-electron chi connectivity index (χ4n) is 1.37. The van der Waals surface area contributed by atoms with Crippen molar-refractivity contribution >= 4 is 11.3 Å². The Morgan fingerprint density at radius 1 is 1.57 bits per heavy atom. The second kappa shape index (κ2) is 5.44. The molecule has 4 heteroatoms. The first-order valence-corrected chi connectivity index (χ1v) is 5.86. The highest BCUT2D eigenvalue weighted by molar-refractivity contribution is 7.09. The van der Waals surface area contributed by atoms with Crippen LogP contribution in [0.2, 0.25) is 0 Å². The first-order chi connectivity index (χ1) is 6.63. The quantitative estimate of drug-likeness (QED) is 0.808. The highest BCUT2D eigenvalue weighted by Crippen LogP contribution is 2.11. The van der Waals surface area contributed by atoms with Crippen LogP contribution in [-0.2, 0) is 6.54 Å². The zero-order valence-electron chi connectivity index (χ0n) is 9.16. The number of nitrogens with zero attached hydrogens (tertiary/aromatic N) is 2. The molecule has 0 amide bonds. The number of nitrogens with two attached hydrogens (primary N) is 1. The minimum atomic E-state index is 0.528. The third-order valence-corrected chi connectivity index (χ3v) is 3.00. The Balaban J connectivity index is 2.55. The van der Waals surface area contributed by atoms with Crippen LogP contribution in [0, 0.1) is 6.92 Å². The summed E-state index contributed by atoms with van der Waals surface area (Å²) < 4.78 is 0. The summed E-state index contributed by atoms with van der Waals surface area (Å²) in [5.41, 5.74) is 6.73. The zero-order valence-corrected chi connectivity index (χ0v) is 9.97. The SMILES string of the molecule is Cc1nc(CN(CCN)C(C)C)cs1. The fraction of sp³-hybridized carbons (Fsp3) is 0.700. The van der Waals surface area contributed by atoms with E-state index >= 15 is 0 Å². The van der Waals surface area contributed by atoms with E-state index < -0.39 is 0 Å². The van der Waals surface area contributed by atoms with E-state index in [1.807, 2.05) is 6.92 Å². The molecule has 0 aliphatic carbocycles. The largest absolute Gasteiger partial charge is 0.329 e. The van der Waals surface area contributed by atoms with Gasteiger partial charge in [0.2, 0.25) is 0 Å². The van der Waals surface area contributed by atoms with Crippen LogP contribution in [0.15, 0.2) is 5.38 Å². The van der Waals surface area contributed by atoms with Crippen LogP contribution in [0.5, 0.6) is 0 Å². The van der Waals surface area contributed by atoms with E-state index in [9.17, 15) is 0 Å². The van der Waals surface area contributed by atoms with E-state index in [-0.39, 0.29) is 0 Å². The molecule has 0 aromatic carbocycles. The van der Waals surface area contributed by atoms with E-state index in [4.69, 9.17) is 5.73 Å². The molecule has 2 N–H and O–H groups in total. The number of aryl methyl sites for hydroxylation is 1. The second-order valence-corrected chi connectivity index (χ2v) is 4.77. The van der Waals surface area contributed by atoms with Gasteiger partial charge in [0.25, 0.3) is 0 Å². The van der Waals surface area contributed by atoms with Gasteiger partial charge < -0.3 is 5.73 Å². The first-order valence-electron chi connectivity index (χ1n) is 4.98. The molecule has 1 heterocycles. The van der Waals surface area contributed by atoms with Crippen LogP contribution < -0.4 is 5.73 Å². The number of thiazole rings is 1. The molecule has 1 rings (SSSR count). The van der Waals surface area contributed by atoms with Crippen molar-refractivity contribution < 1.29 is 0 Å². The lowest BCUT2D eigenvalue weighted by Crippen LogP contribution is -2.34. The van der Waals surface area contributed by atoms with Gasteiger partial charge in [-0.15, -0.1) is 11.3 Å². The van der Waals surface area contributed by atoms with Gasteiger partial charge in [-0.25, -0.2) is 4.98 Å². The Morgan fingerprint density at radius 3 is 2.71 bits per heavy atom. The topological polar surface area (TPSA) is 42.2 Å². The Bertz CT molecular complexity index is 270. The van der Waals surface area contributed by atoms with Crippen LogP contribution >= 0.6 is 11.3 Å². The monoisotopic (exact) mass is 213 g/mol. The highest BCUT2D eigenvalue weighted by Gasteiger charge is 2.10. The Morgan fingerprint density at radius 2 is 2.29 bits per heavy atom. The van der Waals surface area contributed by atoms with Crippen LogP contribution in [-0.4, -0.2) is 29.0 Å². The van der Waals surface area contributed by atoms with Gasteiger partial charge in [0.1, 0.15) is 0 Å². The number of hydrogen-bond acceptors (Lipinski definition) is 4. The summed E-state index contributed by atoms with van der Waals surface area (Å²) in [7, 11) is 0. The Kier molecular flexibility index (Phi) is 4.51. The standard InChI is InChI=1S/C10H19N3S/c1-8(2)13(5-4-11)6-10-7-14-9(3)12-10/h7-8H,4-6,11H2,1-3H3. The van der Waals surface area contributed by atoms with E-state index in [1.165, 1.54) is 0 Å². The van der Waals surface area contributed by atoms with Gasteiger partial charge in [0.15, 0.2) is 0 Å². The number of rotatable bonds is 5. The Hall–Kier alpha value is -0.450. The third-order valence-electron chi connectivity index (χ3n) is 2.18. The lowest BCUT2D eigenvalue weighted by atomic mass is 10.3. The van der Waals surface area contributed by atoms with Crippen LogP contribution in [0.4, 0.5) is 0 Å².